The van der Waals surface area contributed by atoms with Crippen LogP contribution in [0.3, 0.4) is 0 Å². The van der Waals surface area contributed by atoms with Crippen molar-refractivity contribution in [3.05, 3.63) is 24.3 Å². The zero-order valence-corrected chi connectivity index (χ0v) is 20.0. The van der Waals surface area contributed by atoms with Crippen molar-refractivity contribution in [2.45, 2.75) is 13.8 Å². The molecule has 0 bridgehead atoms. The van der Waals surface area contributed by atoms with Crippen LogP contribution < -0.4 is 21.3 Å². The summed E-state index contributed by atoms with van der Waals surface area (Å²) in [6.07, 6.45) is 0. The van der Waals surface area contributed by atoms with Crippen LogP contribution >= 0.6 is 0 Å². The molecule has 0 aliphatic carbocycles. The zero-order valence-electron chi connectivity index (χ0n) is 20.0. The Kier molecular flexibility index (Phi) is 15.0. The largest absolute Gasteiger partial charge is 0.480 e. The van der Waals surface area contributed by atoms with E-state index in [4.69, 9.17) is 10.2 Å². The highest BCUT2D eigenvalue weighted by Gasteiger charge is 2.21. The summed E-state index contributed by atoms with van der Waals surface area (Å²) in [4.78, 5) is 71.9. The molecule has 0 spiro atoms. The van der Waals surface area contributed by atoms with Gasteiger partial charge in [-0.3, -0.25) is 38.6 Å². The molecule has 0 atom stereocenters. The van der Waals surface area contributed by atoms with E-state index in [2.05, 4.69) is 34.4 Å². The zero-order chi connectivity index (χ0) is 27.0. The number of nitrogens with zero attached hydrogens (tertiary/aromatic N) is 2. The van der Waals surface area contributed by atoms with Gasteiger partial charge in [0, 0.05) is 37.3 Å². The smallest absolute Gasteiger partial charge is 0.317 e. The number of carbonyl (C=O) groups is 6. The van der Waals surface area contributed by atoms with Gasteiger partial charge in [-0.25, -0.2) is 0 Å². The van der Waals surface area contributed by atoms with Crippen LogP contribution in [0.5, 0.6) is 0 Å². The van der Waals surface area contributed by atoms with Crippen LogP contribution in [0.4, 0.5) is 0 Å². The van der Waals surface area contributed by atoms with Crippen molar-refractivity contribution in [1.82, 2.24) is 31.1 Å². The van der Waals surface area contributed by atoms with Gasteiger partial charge in [0.1, 0.15) is 0 Å². The Bertz CT molecular complexity index is 763. The third-order valence-electron chi connectivity index (χ3n) is 4.09. The quantitative estimate of drug-likeness (QED) is 0.0658. The number of aliphatic carboxylic acids is 2. The summed E-state index contributed by atoms with van der Waals surface area (Å²) in [6, 6.07) is 0. The van der Waals surface area contributed by atoms with E-state index in [1.54, 1.807) is 0 Å². The number of carbonyl (C=O) groups excluding carboxylic acids is 4. The second kappa shape index (κ2) is 16.8. The van der Waals surface area contributed by atoms with Crippen LogP contribution in [-0.2, 0) is 28.8 Å². The fraction of sp³-hybridized carbons (Fsp3) is 0.524. The van der Waals surface area contributed by atoms with Crippen LogP contribution in [0.25, 0.3) is 0 Å². The van der Waals surface area contributed by atoms with Crippen molar-refractivity contribution in [3.8, 4) is 0 Å². The molecule has 0 unspecified atom stereocenters. The molecule has 0 aliphatic rings. The topological polar surface area (TPSA) is 197 Å². The van der Waals surface area contributed by atoms with E-state index in [9.17, 15) is 28.8 Å². The highest BCUT2D eigenvalue weighted by molar-refractivity contribution is 5.92. The number of carboxylic acids is 2. The maximum Gasteiger partial charge on any atom is 0.317 e. The molecule has 0 radical (unpaired) electrons. The molecule has 0 heterocycles. The Balaban J connectivity index is 4.82. The van der Waals surface area contributed by atoms with E-state index in [0.29, 0.717) is 11.1 Å². The van der Waals surface area contributed by atoms with Gasteiger partial charge >= 0.3 is 11.9 Å². The van der Waals surface area contributed by atoms with Crippen molar-refractivity contribution in [2.24, 2.45) is 0 Å². The number of carboxylic acid groups (broad SMARTS) is 2. The second-order valence-electron chi connectivity index (χ2n) is 7.68. The minimum atomic E-state index is -1.25. The van der Waals surface area contributed by atoms with Crippen molar-refractivity contribution in [2.75, 3.05) is 59.0 Å². The Morgan fingerprint density at radius 3 is 1.20 bits per heavy atom. The fourth-order valence-electron chi connectivity index (χ4n) is 2.55. The number of rotatable bonds is 18. The van der Waals surface area contributed by atoms with Crippen molar-refractivity contribution in [3.63, 3.8) is 0 Å². The minimum Gasteiger partial charge on any atom is -0.480 e. The average molecular weight is 499 g/mol. The van der Waals surface area contributed by atoms with Crippen LogP contribution in [0.1, 0.15) is 13.8 Å². The third-order valence-corrected chi connectivity index (χ3v) is 4.09. The number of nitrogens with one attached hydrogen (secondary N) is 4. The van der Waals surface area contributed by atoms with Gasteiger partial charge in [-0.1, -0.05) is 13.2 Å². The van der Waals surface area contributed by atoms with Crippen LogP contribution in [0.2, 0.25) is 0 Å². The molecule has 0 fully saturated rings. The molecule has 196 valence electrons. The molecule has 0 saturated heterocycles. The lowest BCUT2D eigenvalue weighted by atomic mass is 10.3. The summed E-state index contributed by atoms with van der Waals surface area (Å²) in [7, 11) is 0. The van der Waals surface area contributed by atoms with Gasteiger partial charge in [-0.2, -0.15) is 0 Å². The van der Waals surface area contributed by atoms with E-state index in [1.807, 2.05) is 0 Å². The lowest BCUT2D eigenvalue weighted by Crippen LogP contribution is -2.50. The summed E-state index contributed by atoms with van der Waals surface area (Å²) < 4.78 is 0. The van der Waals surface area contributed by atoms with E-state index < -0.39 is 36.8 Å². The molecule has 0 aromatic carbocycles. The molecule has 4 amide bonds. The van der Waals surface area contributed by atoms with Crippen molar-refractivity contribution >= 4 is 35.6 Å². The maximum atomic E-state index is 12.2. The first-order valence-corrected chi connectivity index (χ1v) is 10.6. The van der Waals surface area contributed by atoms with Crippen molar-refractivity contribution in [1.29, 1.82) is 0 Å². The average Bonchev–Trinajstić information content (AvgIpc) is 2.72. The van der Waals surface area contributed by atoms with Gasteiger partial charge in [0.25, 0.3) is 0 Å². The van der Waals surface area contributed by atoms with E-state index in [-0.39, 0.29) is 57.8 Å². The minimum absolute atomic E-state index is 0.0852. The normalized spacial score (nSPS) is 10.4. The van der Waals surface area contributed by atoms with Crippen molar-refractivity contribution < 1.29 is 39.0 Å². The molecule has 0 rings (SSSR count). The summed E-state index contributed by atoms with van der Waals surface area (Å²) in [5, 5.41) is 28.4. The van der Waals surface area contributed by atoms with E-state index in [0.717, 1.165) is 9.80 Å². The lowest BCUT2D eigenvalue weighted by molar-refractivity contribution is -0.140. The number of amides is 4. The molecule has 0 aliphatic heterocycles. The third kappa shape index (κ3) is 16.5. The molecule has 0 aromatic heterocycles. The van der Waals surface area contributed by atoms with Gasteiger partial charge in [-0.15, -0.1) is 0 Å². The monoisotopic (exact) mass is 498 g/mol. The van der Waals surface area contributed by atoms with Gasteiger partial charge < -0.3 is 31.5 Å². The number of hydrogen-bond donors (Lipinski definition) is 6. The lowest BCUT2D eigenvalue weighted by Gasteiger charge is -2.27. The molecule has 14 nitrogen and oxygen atoms in total. The molecule has 14 heteroatoms. The first-order valence-electron chi connectivity index (χ1n) is 10.6. The Morgan fingerprint density at radius 1 is 0.600 bits per heavy atom. The highest BCUT2D eigenvalue weighted by atomic mass is 16.4. The fourth-order valence-corrected chi connectivity index (χ4v) is 2.55. The van der Waals surface area contributed by atoms with Crippen LogP contribution in [0, 0.1) is 0 Å². The maximum absolute atomic E-state index is 12.2. The first-order chi connectivity index (χ1) is 16.3. The molecular weight excluding hydrogens is 464 g/mol. The SMILES string of the molecule is C=C(C)C(=O)NCCNC(=O)CN(CC(=O)O)CN(CC(=O)O)CC(=O)NCCNC(=O)C(=C)C. The van der Waals surface area contributed by atoms with Crippen LogP contribution in [-0.4, -0.2) is 115 Å². The van der Waals surface area contributed by atoms with Gasteiger partial charge in [0.15, 0.2) is 0 Å². The van der Waals surface area contributed by atoms with E-state index in [1.165, 1.54) is 13.8 Å². The Labute approximate surface area is 203 Å². The Morgan fingerprint density at radius 2 is 0.914 bits per heavy atom. The summed E-state index contributed by atoms with van der Waals surface area (Å²) >= 11 is 0. The van der Waals surface area contributed by atoms with E-state index >= 15 is 0 Å². The molecule has 35 heavy (non-hydrogen) atoms. The molecule has 0 aromatic rings. The van der Waals surface area contributed by atoms with Crippen LogP contribution in [0.15, 0.2) is 24.3 Å². The molecular formula is C21H34N6O8. The predicted molar refractivity (Wildman–Crippen MR) is 125 cm³/mol. The summed E-state index contributed by atoms with van der Waals surface area (Å²) in [6.45, 7) is 8.24. The highest BCUT2D eigenvalue weighted by Crippen LogP contribution is 1.96. The van der Waals surface area contributed by atoms with Gasteiger partial charge in [-0.05, 0) is 13.8 Å². The predicted octanol–water partition coefficient (Wildman–Crippen LogP) is -2.67. The molecule has 0 saturated carbocycles. The van der Waals surface area contributed by atoms with Gasteiger partial charge in [0.2, 0.25) is 23.6 Å². The Hall–Kier alpha value is -3.78. The number of hydrogen-bond acceptors (Lipinski definition) is 8. The first kappa shape index (κ1) is 31.2. The summed E-state index contributed by atoms with van der Waals surface area (Å²) in [5.74, 6) is -4.34. The van der Waals surface area contributed by atoms with Gasteiger partial charge in [0.05, 0.1) is 32.8 Å². The summed E-state index contributed by atoms with van der Waals surface area (Å²) in [5.41, 5.74) is 0.617. The standard InChI is InChI=1S/C21H34N6O8/c1-14(2)20(34)24-7-5-22-16(28)9-26(11-18(30)31)13-27(12-19(32)33)10-17(29)23-6-8-25-21(35)15(3)4/h1,3,5-13H2,2,4H3,(H,22,28)(H,23,29)(H,24,34)(H,25,35)(H,30,31)(H,32,33). The second-order valence-corrected chi connectivity index (χ2v) is 7.68. The molecule has 6 N–H and O–H groups in total.